The quantitative estimate of drug-likeness (QED) is 0.586. The van der Waals surface area contributed by atoms with Crippen LogP contribution in [-0.4, -0.2) is 54.8 Å². The Morgan fingerprint density at radius 1 is 1.27 bits per heavy atom. The fraction of sp³-hybridized carbons (Fsp3) is 0.350. The SMILES string of the molecule is CN=CC1=C(N)C(=O)NCCOCCCCc2cc(ccn2)-c2nc(cs2)C(=O)N1. The third-order valence-corrected chi connectivity index (χ3v) is 5.24. The molecule has 1 aliphatic rings. The van der Waals surface area contributed by atoms with Crippen LogP contribution < -0.4 is 16.4 Å². The first kappa shape index (κ1) is 21.6. The van der Waals surface area contributed by atoms with Crippen LogP contribution in [0, 0.1) is 0 Å². The zero-order valence-corrected chi connectivity index (χ0v) is 17.5. The molecular formula is C20H24N6O3S. The first-order valence-corrected chi connectivity index (χ1v) is 10.5. The summed E-state index contributed by atoms with van der Waals surface area (Å²) in [6.45, 7) is 1.28. The van der Waals surface area contributed by atoms with Crippen LogP contribution >= 0.6 is 11.3 Å². The Hall–Kier alpha value is -3.11. The van der Waals surface area contributed by atoms with E-state index in [1.54, 1.807) is 11.6 Å². The van der Waals surface area contributed by atoms with E-state index in [1.807, 2.05) is 12.1 Å². The molecule has 30 heavy (non-hydrogen) atoms. The van der Waals surface area contributed by atoms with Gasteiger partial charge in [-0.25, -0.2) is 4.98 Å². The lowest BCUT2D eigenvalue weighted by atomic mass is 10.1. The van der Waals surface area contributed by atoms with Gasteiger partial charge in [-0.2, -0.15) is 0 Å². The Bertz CT molecular complexity index is 969. The number of rotatable bonds is 1. The summed E-state index contributed by atoms with van der Waals surface area (Å²) in [7, 11) is 1.52. The molecule has 4 N–H and O–H groups in total. The number of carbonyl (C=O) groups is 2. The van der Waals surface area contributed by atoms with E-state index in [0.717, 1.165) is 30.5 Å². The van der Waals surface area contributed by atoms with Gasteiger partial charge in [0.1, 0.15) is 16.4 Å². The molecule has 3 rings (SSSR count). The van der Waals surface area contributed by atoms with Crippen molar-refractivity contribution in [2.45, 2.75) is 19.3 Å². The number of pyridine rings is 1. The summed E-state index contributed by atoms with van der Waals surface area (Å²) in [6, 6.07) is 3.86. The topological polar surface area (TPSA) is 132 Å². The molecule has 0 aliphatic carbocycles. The highest BCUT2D eigenvalue weighted by atomic mass is 32.1. The Kier molecular flexibility index (Phi) is 7.63. The van der Waals surface area contributed by atoms with Crippen LogP contribution in [0.5, 0.6) is 0 Å². The molecule has 0 atom stereocenters. The normalized spacial score (nSPS) is 17.1. The number of nitrogens with two attached hydrogens (primary N) is 1. The van der Waals surface area contributed by atoms with Gasteiger partial charge in [-0.15, -0.1) is 11.3 Å². The average Bonchev–Trinajstić information content (AvgIpc) is 3.25. The molecule has 10 heteroatoms. The number of amides is 2. The molecule has 3 heterocycles. The van der Waals surface area contributed by atoms with Crippen molar-refractivity contribution in [2.24, 2.45) is 10.7 Å². The van der Waals surface area contributed by atoms with Crippen LogP contribution in [0.1, 0.15) is 29.0 Å². The van der Waals surface area contributed by atoms with Gasteiger partial charge in [0.15, 0.2) is 0 Å². The third kappa shape index (κ3) is 5.71. The number of ether oxygens (including phenoxy) is 1. The molecule has 2 aromatic heterocycles. The third-order valence-electron chi connectivity index (χ3n) is 4.35. The second-order valence-electron chi connectivity index (χ2n) is 6.57. The van der Waals surface area contributed by atoms with Gasteiger partial charge in [0.05, 0.1) is 12.3 Å². The number of hydrogen-bond donors (Lipinski definition) is 3. The van der Waals surface area contributed by atoms with Gasteiger partial charge in [-0.3, -0.25) is 19.6 Å². The van der Waals surface area contributed by atoms with E-state index < -0.39 is 11.8 Å². The molecule has 1 aliphatic heterocycles. The highest BCUT2D eigenvalue weighted by molar-refractivity contribution is 7.13. The van der Waals surface area contributed by atoms with E-state index in [4.69, 9.17) is 10.5 Å². The molecule has 9 nitrogen and oxygen atoms in total. The summed E-state index contributed by atoms with van der Waals surface area (Å²) in [4.78, 5) is 37.7. The first-order valence-electron chi connectivity index (χ1n) is 9.58. The summed E-state index contributed by atoms with van der Waals surface area (Å²) < 4.78 is 5.55. The van der Waals surface area contributed by atoms with Crippen LogP contribution in [0.15, 0.2) is 40.1 Å². The number of aryl methyl sites for hydroxylation is 1. The van der Waals surface area contributed by atoms with Crippen molar-refractivity contribution in [3.8, 4) is 10.6 Å². The zero-order chi connectivity index (χ0) is 21.3. The summed E-state index contributed by atoms with van der Waals surface area (Å²) in [5, 5.41) is 7.67. The number of fused-ring (bicyclic) bond motifs is 5. The minimum atomic E-state index is -0.507. The van der Waals surface area contributed by atoms with Crippen LogP contribution in [-0.2, 0) is 16.0 Å². The molecule has 0 saturated heterocycles. The maximum atomic E-state index is 12.7. The summed E-state index contributed by atoms with van der Waals surface area (Å²) in [5.41, 5.74) is 8.01. The molecule has 0 fully saturated rings. The molecule has 0 unspecified atom stereocenters. The van der Waals surface area contributed by atoms with Crippen molar-refractivity contribution in [2.75, 3.05) is 26.8 Å². The Labute approximate surface area is 178 Å². The predicted octanol–water partition coefficient (Wildman–Crippen LogP) is 1.27. The van der Waals surface area contributed by atoms with Crippen LogP contribution in [0.3, 0.4) is 0 Å². The lowest BCUT2D eigenvalue weighted by molar-refractivity contribution is -0.117. The van der Waals surface area contributed by atoms with Crippen molar-refractivity contribution < 1.29 is 14.3 Å². The van der Waals surface area contributed by atoms with Crippen LogP contribution in [0.25, 0.3) is 10.6 Å². The number of hydrogen-bond acceptors (Lipinski definition) is 8. The van der Waals surface area contributed by atoms with Crippen molar-refractivity contribution in [1.29, 1.82) is 0 Å². The maximum absolute atomic E-state index is 12.7. The van der Waals surface area contributed by atoms with Gasteiger partial charge in [0, 0.05) is 49.2 Å². The van der Waals surface area contributed by atoms with Gasteiger partial charge in [0.2, 0.25) is 0 Å². The fourth-order valence-electron chi connectivity index (χ4n) is 2.81. The largest absolute Gasteiger partial charge is 0.393 e. The Balaban J connectivity index is 1.89. The highest BCUT2D eigenvalue weighted by Crippen LogP contribution is 2.24. The summed E-state index contributed by atoms with van der Waals surface area (Å²) >= 11 is 1.36. The van der Waals surface area contributed by atoms with E-state index in [1.165, 1.54) is 24.6 Å². The van der Waals surface area contributed by atoms with E-state index in [0.29, 0.717) is 24.8 Å². The lowest BCUT2D eigenvalue weighted by Gasteiger charge is -2.10. The second-order valence-corrected chi connectivity index (χ2v) is 7.43. The molecule has 0 aromatic carbocycles. The van der Waals surface area contributed by atoms with Crippen molar-refractivity contribution in [3.63, 3.8) is 0 Å². The number of thiazole rings is 1. The Morgan fingerprint density at radius 3 is 2.97 bits per heavy atom. The minimum Gasteiger partial charge on any atom is -0.393 e. The van der Waals surface area contributed by atoms with Gasteiger partial charge in [-0.05, 0) is 31.4 Å². The van der Waals surface area contributed by atoms with Gasteiger partial charge in [-0.1, -0.05) is 0 Å². The van der Waals surface area contributed by atoms with E-state index in [9.17, 15) is 9.59 Å². The van der Waals surface area contributed by atoms with Gasteiger partial charge < -0.3 is 21.1 Å². The van der Waals surface area contributed by atoms with E-state index >= 15 is 0 Å². The highest BCUT2D eigenvalue weighted by Gasteiger charge is 2.17. The van der Waals surface area contributed by atoms with Crippen molar-refractivity contribution >= 4 is 29.4 Å². The molecule has 4 bridgehead atoms. The molecular weight excluding hydrogens is 404 g/mol. The first-order chi connectivity index (χ1) is 14.6. The number of nitrogens with one attached hydrogen (secondary N) is 2. The number of carbonyl (C=O) groups excluding carboxylic acids is 2. The summed E-state index contributed by atoms with van der Waals surface area (Å²) in [5.74, 6) is -0.980. The van der Waals surface area contributed by atoms with E-state index in [2.05, 4.69) is 25.6 Å². The zero-order valence-electron chi connectivity index (χ0n) is 16.7. The smallest absolute Gasteiger partial charge is 0.275 e. The number of nitrogens with zero attached hydrogens (tertiary/aromatic N) is 3. The molecule has 0 radical (unpaired) electrons. The van der Waals surface area contributed by atoms with Crippen molar-refractivity contribution in [1.82, 2.24) is 20.6 Å². The van der Waals surface area contributed by atoms with Gasteiger partial charge in [0.25, 0.3) is 11.8 Å². The second kappa shape index (κ2) is 10.6. The minimum absolute atomic E-state index is 0.111. The van der Waals surface area contributed by atoms with Crippen molar-refractivity contribution in [3.05, 3.63) is 46.5 Å². The lowest BCUT2D eigenvalue weighted by Crippen LogP contribution is -2.36. The summed E-state index contributed by atoms with van der Waals surface area (Å²) in [6.07, 6.45) is 5.73. The molecule has 0 spiro atoms. The fourth-order valence-corrected chi connectivity index (χ4v) is 3.61. The van der Waals surface area contributed by atoms with Crippen LogP contribution in [0.2, 0.25) is 0 Å². The molecule has 2 aromatic rings. The number of aliphatic imine (C=N–C) groups is 1. The molecule has 158 valence electrons. The average molecular weight is 429 g/mol. The monoisotopic (exact) mass is 428 g/mol. The molecule has 0 saturated carbocycles. The van der Waals surface area contributed by atoms with Gasteiger partial charge >= 0.3 is 0 Å². The number of allylic oxidation sites excluding steroid dienone is 1. The van der Waals surface area contributed by atoms with E-state index in [-0.39, 0.29) is 17.1 Å². The number of aromatic nitrogens is 2. The molecule has 2 amide bonds. The Morgan fingerprint density at radius 2 is 2.13 bits per heavy atom. The maximum Gasteiger partial charge on any atom is 0.275 e. The standard InChI is InChI=1S/C20H24N6O3S/c1-22-11-15-17(21)19(28)24-7-9-29-8-3-2-4-14-10-13(5-6-23-14)20-26-16(12-30-20)18(27)25-15/h5-6,10-12H,2-4,7-9,21H2,1H3,(H,24,28)(H,25,27). The predicted molar refractivity (Wildman–Crippen MR) is 115 cm³/mol. The van der Waals surface area contributed by atoms with Crippen LogP contribution in [0.4, 0.5) is 0 Å².